The fraction of sp³-hybridized carbons (Fsp3) is 0.133. The number of nitrogens with one attached hydrogen (secondary N) is 2. The molecule has 0 aliphatic rings. The molecule has 210 valence electrons. The average molecular weight is 593 g/mol. The fourth-order valence-electron chi connectivity index (χ4n) is 4.13. The normalized spacial score (nSPS) is 12.3. The number of benzene rings is 3. The SMILES string of the molecule is O=S(=O)(Nc1ccc(CCNCC(O)c2cccnc2)cc1)c1ccc(-c2nc(-c3cc(F)cc(F)c3)cs2)cc1. The maximum atomic E-state index is 13.6. The molecule has 0 bridgehead atoms. The van der Waals surface area contributed by atoms with Crippen LogP contribution in [0.4, 0.5) is 14.5 Å². The van der Waals surface area contributed by atoms with Gasteiger partial charge in [-0.1, -0.05) is 30.3 Å². The number of sulfonamides is 1. The minimum absolute atomic E-state index is 0.0886. The zero-order chi connectivity index (χ0) is 28.8. The number of halogens is 2. The predicted octanol–water partition coefficient (Wildman–Crippen LogP) is 5.82. The summed E-state index contributed by atoms with van der Waals surface area (Å²) >= 11 is 1.29. The maximum Gasteiger partial charge on any atom is 0.261 e. The molecule has 11 heteroatoms. The highest BCUT2D eigenvalue weighted by Crippen LogP contribution is 2.30. The summed E-state index contributed by atoms with van der Waals surface area (Å²) in [7, 11) is -3.82. The molecule has 5 rings (SSSR count). The van der Waals surface area contributed by atoms with Crippen LogP contribution in [0.1, 0.15) is 17.2 Å². The molecule has 0 radical (unpaired) electrons. The van der Waals surface area contributed by atoms with Gasteiger partial charge in [0.15, 0.2) is 0 Å². The van der Waals surface area contributed by atoms with Crippen molar-refractivity contribution in [3.63, 3.8) is 0 Å². The van der Waals surface area contributed by atoms with Gasteiger partial charge in [-0.15, -0.1) is 11.3 Å². The van der Waals surface area contributed by atoms with Crippen molar-refractivity contribution < 1.29 is 22.3 Å². The van der Waals surface area contributed by atoms with E-state index in [0.717, 1.165) is 17.2 Å². The Morgan fingerprint density at radius 2 is 1.66 bits per heavy atom. The smallest absolute Gasteiger partial charge is 0.261 e. The van der Waals surface area contributed by atoms with E-state index in [0.29, 0.717) is 47.0 Å². The van der Waals surface area contributed by atoms with Gasteiger partial charge in [0.1, 0.15) is 16.6 Å². The minimum Gasteiger partial charge on any atom is -0.387 e. The number of aromatic nitrogens is 2. The quantitative estimate of drug-likeness (QED) is 0.167. The van der Waals surface area contributed by atoms with Gasteiger partial charge < -0.3 is 10.4 Å². The van der Waals surface area contributed by atoms with Gasteiger partial charge in [-0.2, -0.15) is 0 Å². The van der Waals surface area contributed by atoms with Crippen molar-refractivity contribution in [3.05, 3.63) is 119 Å². The van der Waals surface area contributed by atoms with E-state index in [1.165, 1.54) is 35.6 Å². The van der Waals surface area contributed by atoms with Gasteiger partial charge in [-0.3, -0.25) is 9.71 Å². The van der Waals surface area contributed by atoms with E-state index in [9.17, 15) is 22.3 Å². The lowest BCUT2D eigenvalue weighted by Gasteiger charge is -2.12. The van der Waals surface area contributed by atoms with Crippen LogP contribution < -0.4 is 10.0 Å². The van der Waals surface area contributed by atoms with Crippen molar-refractivity contribution >= 4 is 27.0 Å². The summed E-state index contributed by atoms with van der Waals surface area (Å²) in [6, 6.07) is 20.2. The van der Waals surface area contributed by atoms with Crippen molar-refractivity contribution in [2.24, 2.45) is 0 Å². The molecule has 3 N–H and O–H groups in total. The molecule has 0 fully saturated rings. The third-order valence-corrected chi connectivity index (χ3v) is 8.57. The summed E-state index contributed by atoms with van der Waals surface area (Å²) in [4.78, 5) is 8.55. The molecule has 7 nitrogen and oxygen atoms in total. The Morgan fingerprint density at radius 1 is 0.927 bits per heavy atom. The number of thiazole rings is 1. The monoisotopic (exact) mass is 592 g/mol. The molecule has 0 aliphatic heterocycles. The number of pyridine rings is 1. The summed E-state index contributed by atoms with van der Waals surface area (Å²) in [6.07, 6.45) is 3.36. The molecule has 2 heterocycles. The fourth-order valence-corrected chi connectivity index (χ4v) is 6.03. The van der Waals surface area contributed by atoms with Gasteiger partial charge in [0, 0.05) is 52.8 Å². The second kappa shape index (κ2) is 12.6. The van der Waals surface area contributed by atoms with Crippen LogP contribution in [0.15, 0.2) is 102 Å². The van der Waals surface area contributed by atoms with Gasteiger partial charge in [-0.05, 0) is 61.0 Å². The van der Waals surface area contributed by atoms with Crippen molar-refractivity contribution in [1.29, 1.82) is 0 Å². The van der Waals surface area contributed by atoms with Crippen LogP contribution >= 0.6 is 11.3 Å². The molecular formula is C30H26F2N4O3S2. The Bertz CT molecular complexity index is 1690. The van der Waals surface area contributed by atoms with E-state index in [2.05, 4.69) is 20.0 Å². The maximum absolute atomic E-state index is 13.6. The van der Waals surface area contributed by atoms with E-state index in [-0.39, 0.29) is 4.90 Å². The first-order valence-electron chi connectivity index (χ1n) is 12.7. The first-order chi connectivity index (χ1) is 19.8. The van der Waals surface area contributed by atoms with Crippen LogP contribution in [-0.4, -0.2) is 36.6 Å². The molecule has 1 atom stereocenters. The highest BCUT2D eigenvalue weighted by atomic mass is 32.2. The van der Waals surface area contributed by atoms with Gasteiger partial charge in [-0.25, -0.2) is 22.2 Å². The Morgan fingerprint density at radius 3 is 2.34 bits per heavy atom. The van der Waals surface area contributed by atoms with Crippen molar-refractivity contribution in [3.8, 4) is 21.8 Å². The molecule has 2 aromatic heterocycles. The lowest BCUT2D eigenvalue weighted by Crippen LogP contribution is -2.23. The average Bonchev–Trinajstić information content (AvgIpc) is 3.47. The van der Waals surface area contributed by atoms with Crippen molar-refractivity contribution in [1.82, 2.24) is 15.3 Å². The number of nitrogens with zero attached hydrogens (tertiary/aromatic N) is 2. The number of aliphatic hydroxyl groups excluding tert-OH is 1. The topological polar surface area (TPSA) is 104 Å². The van der Waals surface area contributed by atoms with Crippen LogP contribution in [0.3, 0.4) is 0 Å². The second-order valence-electron chi connectivity index (χ2n) is 9.28. The van der Waals surface area contributed by atoms with Crippen LogP contribution in [0, 0.1) is 11.6 Å². The zero-order valence-electron chi connectivity index (χ0n) is 21.7. The number of aliphatic hydroxyl groups is 1. The number of hydrogen-bond donors (Lipinski definition) is 3. The van der Waals surface area contributed by atoms with Crippen LogP contribution in [0.2, 0.25) is 0 Å². The van der Waals surface area contributed by atoms with E-state index in [1.807, 2.05) is 18.2 Å². The second-order valence-corrected chi connectivity index (χ2v) is 11.8. The lowest BCUT2D eigenvalue weighted by molar-refractivity contribution is 0.174. The largest absolute Gasteiger partial charge is 0.387 e. The Balaban J connectivity index is 1.15. The molecule has 0 saturated carbocycles. The predicted molar refractivity (Wildman–Crippen MR) is 156 cm³/mol. The highest BCUT2D eigenvalue weighted by Gasteiger charge is 2.16. The van der Waals surface area contributed by atoms with Crippen LogP contribution in [0.25, 0.3) is 21.8 Å². The molecule has 5 aromatic rings. The van der Waals surface area contributed by atoms with Gasteiger partial charge in [0.05, 0.1) is 16.7 Å². The van der Waals surface area contributed by atoms with Crippen LogP contribution in [0.5, 0.6) is 0 Å². The van der Waals surface area contributed by atoms with E-state index in [4.69, 9.17) is 0 Å². The standard InChI is InChI=1S/C30H26F2N4O3S2/c31-24-14-23(15-25(32)16-24)28-19-40-30(35-28)21-5-9-27(10-6-21)41(38,39)36-26-7-3-20(4-8-26)11-13-34-18-29(37)22-2-1-12-33-17-22/h1-10,12,14-17,19,29,34,36-37H,11,13,18H2. The van der Waals surface area contributed by atoms with Crippen LogP contribution in [-0.2, 0) is 16.4 Å². The van der Waals surface area contributed by atoms with Gasteiger partial charge in [0.2, 0.25) is 0 Å². The molecule has 1 unspecified atom stereocenters. The number of anilines is 1. The number of hydrogen-bond acceptors (Lipinski definition) is 7. The van der Waals surface area contributed by atoms with Crippen molar-refractivity contribution in [2.45, 2.75) is 17.4 Å². The third kappa shape index (κ3) is 7.39. The summed E-state index contributed by atoms with van der Waals surface area (Å²) in [6.45, 7) is 1.05. The first-order valence-corrected chi connectivity index (χ1v) is 15.1. The molecule has 3 aromatic carbocycles. The summed E-state index contributed by atoms with van der Waals surface area (Å²) in [5.74, 6) is -1.37. The summed E-state index contributed by atoms with van der Waals surface area (Å²) in [5, 5.41) is 15.7. The summed E-state index contributed by atoms with van der Waals surface area (Å²) in [5.41, 5.74) is 3.65. The molecule has 0 aliphatic carbocycles. The molecule has 0 spiro atoms. The van der Waals surface area contributed by atoms with E-state index < -0.39 is 27.8 Å². The Hall–Kier alpha value is -4.03. The van der Waals surface area contributed by atoms with Gasteiger partial charge >= 0.3 is 0 Å². The summed E-state index contributed by atoms with van der Waals surface area (Å²) < 4.78 is 55.6. The van der Waals surface area contributed by atoms with Gasteiger partial charge in [0.25, 0.3) is 10.0 Å². The third-order valence-electron chi connectivity index (χ3n) is 6.28. The Kier molecular flexibility index (Phi) is 8.79. The highest BCUT2D eigenvalue weighted by molar-refractivity contribution is 7.92. The molecule has 0 saturated heterocycles. The van der Waals surface area contributed by atoms with Crippen molar-refractivity contribution in [2.75, 3.05) is 17.8 Å². The first kappa shape index (κ1) is 28.5. The molecular weight excluding hydrogens is 566 g/mol. The number of rotatable bonds is 11. The molecule has 41 heavy (non-hydrogen) atoms. The van der Waals surface area contributed by atoms with E-state index in [1.54, 1.807) is 48.1 Å². The van der Waals surface area contributed by atoms with E-state index >= 15 is 0 Å². The Labute approximate surface area is 240 Å². The lowest BCUT2D eigenvalue weighted by atomic mass is 10.1. The zero-order valence-corrected chi connectivity index (χ0v) is 23.3. The minimum atomic E-state index is -3.82. The molecule has 0 amide bonds.